The molecule has 2 rings (SSSR count). The minimum atomic E-state index is -1.34. The maximum Gasteiger partial charge on any atom is 0.313 e. The van der Waals surface area contributed by atoms with Crippen molar-refractivity contribution in [2.45, 2.75) is 25.4 Å². The Kier molecular flexibility index (Phi) is 3.91. The molecule has 2 aromatic rings. The summed E-state index contributed by atoms with van der Waals surface area (Å²) >= 11 is 0. The fraction of sp³-hybridized carbons (Fsp3) is 0.235. The maximum absolute atomic E-state index is 11.6. The van der Waals surface area contributed by atoms with Gasteiger partial charge in [0.2, 0.25) is 0 Å². The average Bonchev–Trinajstić information content (AvgIpc) is 2.38. The Balaban J connectivity index is 2.60. The molecule has 0 aliphatic carbocycles. The van der Waals surface area contributed by atoms with Gasteiger partial charge in [0.15, 0.2) is 0 Å². The smallest absolute Gasteiger partial charge is 0.313 e. The molecule has 3 nitrogen and oxygen atoms in total. The fourth-order valence-electron chi connectivity index (χ4n) is 2.45. The average molecular weight is 270 g/mol. The lowest BCUT2D eigenvalue weighted by atomic mass is 9.81. The van der Waals surface area contributed by atoms with Crippen molar-refractivity contribution in [2.24, 2.45) is 0 Å². The van der Waals surface area contributed by atoms with E-state index in [0.29, 0.717) is 5.56 Å². The molecule has 0 aromatic heterocycles. The van der Waals surface area contributed by atoms with Crippen molar-refractivity contribution >= 4 is 5.97 Å². The van der Waals surface area contributed by atoms with E-state index in [0.717, 1.165) is 11.1 Å². The number of benzene rings is 2. The minimum Gasteiger partial charge on any atom is -0.481 e. The Morgan fingerprint density at radius 1 is 1.00 bits per heavy atom. The van der Waals surface area contributed by atoms with Crippen LogP contribution in [0.2, 0.25) is 0 Å². The highest BCUT2D eigenvalue weighted by atomic mass is 16.4. The van der Waals surface area contributed by atoms with Gasteiger partial charge in [0.05, 0.1) is 5.60 Å². The topological polar surface area (TPSA) is 57.5 Å². The lowest BCUT2D eigenvalue weighted by Crippen LogP contribution is -2.35. The van der Waals surface area contributed by atoms with Crippen LogP contribution in [0.1, 0.15) is 25.3 Å². The number of hydrogen-bond acceptors (Lipinski definition) is 2. The zero-order chi connectivity index (χ0) is 14.8. The molecule has 0 fully saturated rings. The first-order chi connectivity index (χ1) is 9.41. The Morgan fingerprint density at radius 3 is 2.10 bits per heavy atom. The number of carboxylic acids is 1. The molecule has 0 amide bonds. The quantitative estimate of drug-likeness (QED) is 0.896. The SMILES string of the molecule is CC(C)(O)C(C(=O)O)c1ccccc1-c1ccccc1. The van der Waals surface area contributed by atoms with Crippen molar-refractivity contribution in [2.75, 3.05) is 0 Å². The first-order valence-electron chi connectivity index (χ1n) is 6.51. The van der Waals surface area contributed by atoms with Gasteiger partial charge in [0.25, 0.3) is 0 Å². The van der Waals surface area contributed by atoms with E-state index in [4.69, 9.17) is 0 Å². The summed E-state index contributed by atoms with van der Waals surface area (Å²) in [6.07, 6.45) is 0. The molecule has 2 aromatic carbocycles. The lowest BCUT2D eigenvalue weighted by Gasteiger charge is -2.27. The van der Waals surface area contributed by atoms with Crippen molar-refractivity contribution in [1.29, 1.82) is 0 Å². The third-order valence-electron chi connectivity index (χ3n) is 3.31. The highest BCUT2D eigenvalue weighted by Crippen LogP contribution is 2.35. The van der Waals surface area contributed by atoms with Crippen LogP contribution in [0.15, 0.2) is 54.6 Å². The molecule has 0 saturated heterocycles. The summed E-state index contributed by atoms with van der Waals surface area (Å²) in [4.78, 5) is 11.6. The largest absolute Gasteiger partial charge is 0.481 e. The number of aliphatic hydroxyl groups is 1. The van der Waals surface area contributed by atoms with E-state index in [-0.39, 0.29) is 0 Å². The van der Waals surface area contributed by atoms with E-state index in [2.05, 4.69) is 0 Å². The van der Waals surface area contributed by atoms with Crippen LogP contribution in [0.3, 0.4) is 0 Å². The highest BCUT2D eigenvalue weighted by molar-refractivity contribution is 5.82. The van der Waals surface area contributed by atoms with Gasteiger partial charge in [0.1, 0.15) is 5.92 Å². The molecule has 0 heterocycles. The summed E-state index contributed by atoms with van der Waals surface area (Å²) < 4.78 is 0. The standard InChI is InChI=1S/C17H18O3/c1-17(2,20)15(16(18)19)14-11-7-6-10-13(14)12-8-4-3-5-9-12/h3-11,15,20H,1-2H3,(H,18,19). The van der Waals surface area contributed by atoms with Crippen molar-refractivity contribution in [1.82, 2.24) is 0 Å². The van der Waals surface area contributed by atoms with Gasteiger partial charge in [-0.2, -0.15) is 0 Å². The molecule has 0 bridgehead atoms. The zero-order valence-corrected chi connectivity index (χ0v) is 11.6. The minimum absolute atomic E-state index is 0.624. The molecule has 3 heteroatoms. The van der Waals surface area contributed by atoms with Gasteiger partial charge in [-0.1, -0.05) is 54.6 Å². The Hall–Kier alpha value is -2.13. The van der Waals surface area contributed by atoms with Gasteiger partial charge in [-0.15, -0.1) is 0 Å². The van der Waals surface area contributed by atoms with Gasteiger partial charge < -0.3 is 10.2 Å². The van der Waals surface area contributed by atoms with Crippen LogP contribution < -0.4 is 0 Å². The second-order valence-electron chi connectivity index (χ2n) is 5.38. The summed E-state index contributed by atoms with van der Waals surface area (Å²) in [7, 11) is 0. The molecule has 104 valence electrons. The molecule has 0 radical (unpaired) electrons. The second-order valence-corrected chi connectivity index (χ2v) is 5.38. The number of aliphatic carboxylic acids is 1. The van der Waals surface area contributed by atoms with E-state index >= 15 is 0 Å². The van der Waals surface area contributed by atoms with Crippen molar-refractivity contribution in [3.8, 4) is 11.1 Å². The molecule has 0 saturated carbocycles. The van der Waals surface area contributed by atoms with Crippen LogP contribution in [-0.4, -0.2) is 21.8 Å². The predicted molar refractivity (Wildman–Crippen MR) is 78.6 cm³/mol. The first-order valence-corrected chi connectivity index (χ1v) is 6.51. The molecule has 2 N–H and O–H groups in total. The molecule has 0 spiro atoms. The van der Waals surface area contributed by atoms with E-state index in [1.54, 1.807) is 12.1 Å². The lowest BCUT2D eigenvalue weighted by molar-refractivity contribution is -0.144. The number of rotatable bonds is 4. The molecular formula is C17H18O3. The molecule has 1 unspecified atom stereocenters. The number of carbonyl (C=O) groups is 1. The van der Waals surface area contributed by atoms with Gasteiger partial charge in [0, 0.05) is 0 Å². The van der Waals surface area contributed by atoms with Crippen LogP contribution in [0, 0.1) is 0 Å². The molecule has 20 heavy (non-hydrogen) atoms. The summed E-state index contributed by atoms with van der Waals surface area (Å²) in [5.74, 6) is -2.00. The second kappa shape index (κ2) is 5.47. The van der Waals surface area contributed by atoms with Crippen molar-refractivity contribution < 1.29 is 15.0 Å². The number of carboxylic acid groups (broad SMARTS) is 1. The Labute approximate surface area is 118 Å². The molecule has 0 aliphatic heterocycles. The summed E-state index contributed by atoms with van der Waals surface area (Å²) in [5.41, 5.74) is 1.07. The molecule has 0 aliphatic rings. The summed E-state index contributed by atoms with van der Waals surface area (Å²) in [6.45, 7) is 3.04. The van der Waals surface area contributed by atoms with E-state index < -0.39 is 17.5 Å². The van der Waals surface area contributed by atoms with Crippen molar-refractivity contribution in [3.05, 3.63) is 60.2 Å². The third-order valence-corrected chi connectivity index (χ3v) is 3.31. The Bertz CT molecular complexity index is 597. The van der Waals surface area contributed by atoms with E-state index in [1.165, 1.54) is 13.8 Å². The van der Waals surface area contributed by atoms with Crippen LogP contribution in [0.4, 0.5) is 0 Å². The summed E-state index contributed by atoms with van der Waals surface area (Å²) in [6, 6.07) is 16.9. The van der Waals surface area contributed by atoms with Crippen LogP contribution in [0.5, 0.6) is 0 Å². The highest BCUT2D eigenvalue weighted by Gasteiger charge is 2.36. The molecule has 1 atom stereocenters. The zero-order valence-electron chi connectivity index (χ0n) is 11.6. The first kappa shape index (κ1) is 14.3. The van der Waals surface area contributed by atoms with Crippen LogP contribution in [0.25, 0.3) is 11.1 Å². The third kappa shape index (κ3) is 2.89. The van der Waals surface area contributed by atoms with Crippen LogP contribution in [-0.2, 0) is 4.79 Å². The van der Waals surface area contributed by atoms with Gasteiger partial charge in [-0.25, -0.2) is 0 Å². The molecular weight excluding hydrogens is 252 g/mol. The number of hydrogen-bond donors (Lipinski definition) is 2. The normalized spacial score (nSPS) is 12.9. The van der Waals surface area contributed by atoms with E-state index in [9.17, 15) is 15.0 Å². The monoisotopic (exact) mass is 270 g/mol. The maximum atomic E-state index is 11.6. The van der Waals surface area contributed by atoms with E-state index in [1.807, 2.05) is 42.5 Å². The Morgan fingerprint density at radius 2 is 1.55 bits per heavy atom. The summed E-state index contributed by atoms with van der Waals surface area (Å²) in [5, 5.41) is 19.7. The van der Waals surface area contributed by atoms with Gasteiger partial charge in [-0.05, 0) is 30.5 Å². The van der Waals surface area contributed by atoms with Gasteiger partial charge in [-0.3, -0.25) is 4.79 Å². The van der Waals surface area contributed by atoms with Crippen molar-refractivity contribution in [3.63, 3.8) is 0 Å². The predicted octanol–water partition coefficient (Wildman–Crippen LogP) is 3.29. The van der Waals surface area contributed by atoms with Gasteiger partial charge >= 0.3 is 5.97 Å². The fourth-order valence-corrected chi connectivity index (χ4v) is 2.45. The van der Waals surface area contributed by atoms with Crippen LogP contribution >= 0.6 is 0 Å².